The van der Waals surface area contributed by atoms with Crippen LogP contribution in [0.3, 0.4) is 0 Å². The number of carboxylic acids is 1. The minimum absolute atomic E-state index is 0.519. The predicted octanol–water partition coefficient (Wildman–Crippen LogP) is -0.343. The summed E-state index contributed by atoms with van der Waals surface area (Å²) in [7, 11) is 0. The molecular weight excluding hydrogens is 136 g/mol. The van der Waals surface area contributed by atoms with Gasteiger partial charge >= 0.3 is 5.97 Å². The number of carboxylic acid groups (broad SMARTS) is 1. The third-order valence-corrected chi connectivity index (χ3v) is 1.28. The van der Waals surface area contributed by atoms with Crippen LogP contribution in [0.4, 0.5) is 0 Å². The molecule has 4 nitrogen and oxygen atoms in total. The minimum Gasteiger partial charge on any atom is -0.481 e. The zero-order chi connectivity index (χ0) is 8.31. The molecule has 0 aliphatic carbocycles. The Bertz CT molecular complexity index is 134. The predicted molar refractivity (Wildman–Crippen MR) is 33.5 cm³/mol. The Balaban J connectivity index is 4.07. The van der Waals surface area contributed by atoms with E-state index in [1.807, 2.05) is 0 Å². The molecule has 2 atom stereocenters. The number of hydrogen-bond acceptors (Lipinski definition) is 3. The molecule has 0 heterocycles. The van der Waals surface area contributed by atoms with Crippen LogP contribution in [0.25, 0.3) is 0 Å². The first-order chi connectivity index (χ1) is 4.46. The standard InChI is InChI=1S/C6H10O4/c1-3(6(9)10)5(8)4(2)7/h3,5,8H,1-2H3,(H,9,10)/t3-,5-/m0/s1. The molecule has 0 amide bonds. The van der Waals surface area contributed by atoms with Crippen LogP contribution in [0.15, 0.2) is 0 Å². The zero-order valence-electron chi connectivity index (χ0n) is 5.87. The molecule has 2 N–H and O–H groups in total. The van der Waals surface area contributed by atoms with E-state index < -0.39 is 23.8 Å². The quantitative estimate of drug-likeness (QED) is 0.571. The summed E-state index contributed by atoms with van der Waals surface area (Å²) in [4.78, 5) is 20.5. The van der Waals surface area contributed by atoms with Gasteiger partial charge in [-0.1, -0.05) is 0 Å². The maximum absolute atomic E-state index is 10.4. The third-order valence-electron chi connectivity index (χ3n) is 1.28. The van der Waals surface area contributed by atoms with Gasteiger partial charge in [0, 0.05) is 0 Å². The number of carbonyl (C=O) groups is 2. The van der Waals surface area contributed by atoms with E-state index in [0.29, 0.717) is 0 Å². The summed E-state index contributed by atoms with van der Waals surface area (Å²) in [6, 6.07) is 0. The molecule has 4 heteroatoms. The first-order valence-electron chi connectivity index (χ1n) is 2.88. The second-order valence-electron chi connectivity index (χ2n) is 2.18. The van der Waals surface area contributed by atoms with Crippen molar-refractivity contribution in [3.05, 3.63) is 0 Å². The lowest BCUT2D eigenvalue weighted by Gasteiger charge is -2.09. The topological polar surface area (TPSA) is 74.6 Å². The summed E-state index contributed by atoms with van der Waals surface area (Å²) < 4.78 is 0. The van der Waals surface area contributed by atoms with E-state index in [2.05, 4.69) is 0 Å². The Labute approximate surface area is 58.5 Å². The highest BCUT2D eigenvalue weighted by molar-refractivity contribution is 5.85. The Kier molecular flexibility index (Phi) is 3.02. The van der Waals surface area contributed by atoms with E-state index in [1.54, 1.807) is 0 Å². The third kappa shape index (κ3) is 2.14. The van der Waals surface area contributed by atoms with Crippen LogP contribution in [0, 0.1) is 5.92 Å². The molecule has 58 valence electrons. The molecule has 0 unspecified atom stereocenters. The van der Waals surface area contributed by atoms with E-state index in [4.69, 9.17) is 10.2 Å². The highest BCUT2D eigenvalue weighted by Crippen LogP contribution is 2.03. The van der Waals surface area contributed by atoms with Gasteiger partial charge in [0.15, 0.2) is 5.78 Å². The normalized spacial score (nSPS) is 15.9. The van der Waals surface area contributed by atoms with Gasteiger partial charge in [0.05, 0.1) is 5.92 Å². The van der Waals surface area contributed by atoms with Gasteiger partial charge in [-0.15, -0.1) is 0 Å². The lowest BCUT2D eigenvalue weighted by Crippen LogP contribution is -2.31. The van der Waals surface area contributed by atoms with Crippen molar-refractivity contribution in [2.75, 3.05) is 0 Å². The molecule has 0 fully saturated rings. The number of aliphatic hydroxyl groups excluding tert-OH is 1. The Hall–Kier alpha value is -0.900. The Morgan fingerprint density at radius 3 is 1.90 bits per heavy atom. The minimum atomic E-state index is -1.38. The van der Waals surface area contributed by atoms with Gasteiger partial charge in [0.2, 0.25) is 0 Å². The molecule has 0 aliphatic heterocycles. The Morgan fingerprint density at radius 2 is 1.80 bits per heavy atom. The van der Waals surface area contributed by atoms with E-state index in [9.17, 15) is 9.59 Å². The molecule has 0 aliphatic rings. The summed E-state index contributed by atoms with van der Waals surface area (Å²) >= 11 is 0. The van der Waals surface area contributed by atoms with Crippen molar-refractivity contribution in [3.63, 3.8) is 0 Å². The van der Waals surface area contributed by atoms with Crippen LogP contribution in [0.2, 0.25) is 0 Å². The fourth-order valence-corrected chi connectivity index (χ4v) is 0.487. The molecule has 0 bridgehead atoms. The van der Waals surface area contributed by atoms with Crippen LogP contribution >= 0.6 is 0 Å². The molecule has 0 spiro atoms. The largest absolute Gasteiger partial charge is 0.481 e. The molecule has 10 heavy (non-hydrogen) atoms. The molecule has 0 aromatic heterocycles. The van der Waals surface area contributed by atoms with Crippen molar-refractivity contribution < 1.29 is 19.8 Å². The highest BCUT2D eigenvalue weighted by Gasteiger charge is 2.24. The van der Waals surface area contributed by atoms with E-state index in [-0.39, 0.29) is 0 Å². The fourth-order valence-electron chi connectivity index (χ4n) is 0.487. The smallest absolute Gasteiger partial charge is 0.309 e. The maximum Gasteiger partial charge on any atom is 0.309 e. The first-order valence-corrected chi connectivity index (χ1v) is 2.88. The number of hydrogen-bond donors (Lipinski definition) is 2. The molecule has 0 rings (SSSR count). The summed E-state index contributed by atoms with van der Waals surface area (Å²) in [5.41, 5.74) is 0. The van der Waals surface area contributed by atoms with E-state index in [1.165, 1.54) is 6.92 Å². The van der Waals surface area contributed by atoms with Gasteiger partial charge in [0.25, 0.3) is 0 Å². The molecule has 0 aromatic carbocycles. The van der Waals surface area contributed by atoms with Crippen LogP contribution in [-0.2, 0) is 9.59 Å². The summed E-state index contributed by atoms with van der Waals surface area (Å²) in [6.07, 6.45) is -1.38. The van der Waals surface area contributed by atoms with Gasteiger partial charge in [-0.3, -0.25) is 9.59 Å². The Morgan fingerprint density at radius 1 is 1.40 bits per heavy atom. The van der Waals surface area contributed by atoms with Crippen molar-refractivity contribution in [1.82, 2.24) is 0 Å². The number of rotatable bonds is 3. The fraction of sp³-hybridized carbons (Fsp3) is 0.667. The van der Waals surface area contributed by atoms with Crippen LogP contribution in [0.5, 0.6) is 0 Å². The number of Topliss-reactive ketones (excluding diaryl/α,β-unsaturated/α-hetero) is 1. The van der Waals surface area contributed by atoms with Crippen molar-refractivity contribution >= 4 is 11.8 Å². The second-order valence-corrected chi connectivity index (χ2v) is 2.18. The van der Waals surface area contributed by atoms with Crippen LogP contribution < -0.4 is 0 Å². The maximum atomic E-state index is 10.4. The summed E-state index contributed by atoms with van der Waals surface area (Å²) in [6.45, 7) is 2.44. The van der Waals surface area contributed by atoms with Crippen LogP contribution in [0.1, 0.15) is 13.8 Å². The number of ketones is 1. The van der Waals surface area contributed by atoms with Crippen molar-refractivity contribution in [3.8, 4) is 0 Å². The van der Waals surface area contributed by atoms with E-state index in [0.717, 1.165) is 6.92 Å². The summed E-state index contributed by atoms with van der Waals surface area (Å²) in [5.74, 6) is -2.70. The zero-order valence-corrected chi connectivity index (χ0v) is 5.87. The molecule has 0 aromatic rings. The molecule has 0 radical (unpaired) electrons. The number of aliphatic carboxylic acids is 1. The van der Waals surface area contributed by atoms with Crippen LogP contribution in [-0.4, -0.2) is 28.1 Å². The average Bonchev–Trinajstić information content (AvgIpc) is 1.84. The van der Waals surface area contributed by atoms with E-state index >= 15 is 0 Å². The average molecular weight is 146 g/mol. The van der Waals surface area contributed by atoms with Crippen molar-refractivity contribution in [2.24, 2.45) is 5.92 Å². The van der Waals surface area contributed by atoms with Gasteiger partial charge in [-0.05, 0) is 13.8 Å². The monoisotopic (exact) mass is 146 g/mol. The molecule has 0 saturated carbocycles. The SMILES string of the molecule is CC(=O)[C@@H](O)[C@H](C)C(=O)O. The lowest BCUT2D eigenvalue weighted by atomic mass is 10.0. The molecule has 0 saturated heterocycles. The highest BCUT2D eigenvalue weighted by atomic mass is 16.4. The summed E-state index contributed by atoms with van der Waals surface area (Å²) in [5, 5.41) is 17.1. The van der Waals surface area contributed by atoms with Gasteiger partial charge in [-0.2, -0.15) is 0 Å². The van der Waals surface area contributed by atoms with Crippen molar-refractivity contribution in [2.45, 2.75) is 20.0 Å². The van der Waals surface area contributed by atoms with Gasteiger partial charge < -0.3 is 10.2 Å². The molecular formula is C6H10O4. The second kappa shape index (κ2) is 3.31. The van der Waals surface area contributed by atoms with Gasteiger partial charge in [-0.25, -0.2) is 0 Å². The van der Waals surface area contributed by atoms with Gasteiger partial charge in [0.1, 0.15) is 6.10 Å². The lowest BCUT2D eigenvalue weighted by molar-refractivity contribution is -0.148. The number of carbonyl (C=O) groups excluding carboxylic acids is 1. The first kappa shape index (κ1) is 9.10. The van der Waals surface area contributed by atoms with Crippen molar-refractivity contribution in [1.29, 1.82) is 0 Å². The number of aliphatic hydroxyl groups is 1.